The summed E-state index contributed by atoms with van der Waals surface area (Å²) in [4.78, 5) is 24.3. The molecule has 1 amide bonds. The fraction of sp³-hybridized carbons (Fsp3) is 0.200. The molecule has 0 aliphatic rings. The van der Waals surface area contributed by atoms with Gasteiger partial charge in [0, 0.05) is 12.6 Å². The molecule has 0 aliphatic heterocycles. The molecule has 3 aromatic carbocycles. The lowest BCUT2D eigenvalue weighted by atomic mass is 10.1. The summed E-state index contributed by atoms with van der Waals surface area (Å²) in [5, 5.41) is 0. The van der Waals surface area contributed by atoms with Crippen LogP contribution in [0.2, 0.25) is 0 Å². The Labute approximate surface area is 204 Å². The van der Waals surface area contributed by atoms with E-state index in [1.807, 2.05) is 0 Å². The van der Waals surface area contributed by atoms with Crippen molar-refractivity contribution in [2.45, 2.75) is 17.5 Å². The topological polar surface area (TPSA) is 125 Å². The molecule has 0 unspecified atom stereocenters. The number of nitrogens with two attached hydrogens (primary N) is 1. The SMILES string of the molecule is COC(=O)c1ccc(CN([C@@H](C(N)=O)c2ccccc2)S(=O)(=O)c2ccc(OC)c(OC)c2)cc1. The number of sulfonamides is 1. The molecule has 0 heterocycles. The van der Waals surface area contributed by atoms with Crippen molar-refractivity contribution in [3.05, 3.63) is 89.5 Å². The molecule has 9 nitrogen and oxygen atoms in total. The maximum Gasteiger partial charge on any atom is 0.337 e. The van der Waals surface area contributed by atoms with Gasteiger partial charge in [0.05, 0.1) is 31.8 Å². The van der Waals surface area contributed by atoms with Crippen molar-refractivity contribution in [3.8, 4) is 11.5 Å². The first-order chi connectivity index (χ1) is 16.7. The smallest absolute Gasteiger partial charge is 0.337 e. The number of hydrogen-bond acceptors (Lipinski definition) is 7. The lowest BCUT2D eigenvalue weighted by Gasteiger charge is -2.29. The largest absolute Gasteiger partial charge is 0.493 e. The van der Waals surface area contributed by atoms with Crippen LogP contribution in [0.3, 0.4) is 0 Å². The molecule has 1 atom stereocenters. The Morgan fingerprint density at radius 3 is 2.06 bits per heavy atom. The Hall–Kier alpha value is -3.89. The quantitative estimate of drug-likeness (QED) is 0.426. The lowest BCUT2D eigenvalue weighted by Crippen LogP contribution is -2.41. The Morgan fingerprint density at radius 1 is 0.886 bits per heavy atom. The van der Waals surface area contributed by atoms with Gasteiger partial charge in [-0.1, -0.05) is 42.5 Å². The van der Waals surface area contributed by atoms with Crippen molar-refractivity contribution in [1.82, 2.24) is 4.31 Å². The second-order valence-corrected chi connectivity index (χ2v) is 9.36. The van der Waals surface area contributed by atoms with Crippen molar-refractivity contribution in [3.63, 3.8) is 0 Å². The number of carbonyl (C=O) groups is 2. The zero-order chi connectivity index (χ0) is 25.6. The predicted octanol–water partition coefficient (Wildman–Crippen LogP) is 2.91. The third-order valence-corrected chi connectivity index (χ3v) is 7.15. The number of methoxy groups -OCH3 is 3. The van der Waals surface area contributed by atoms with Crippen molar-refractivity contribution in [2.24, 2.45) is 5.73 Å². The average molecular weight is 499 g/mol. The molecule has 184 valence electrons. The van der Waals surface area contributed by atoms with Gasteiger partial charge >= 0.3 is 5.97 Å². The standard InChI is InChI=1S/C25H26N2O7S/c1-32-21-14-13-20(15-22(21)33-2)35(30,31)27(23(24(26)28)18-7-5-4-6-8-18)16-17-9-11-19(12-10-17)25(29)34-3/h4-15,23H,16H2,1-3H3,(H2,26,28)/t23-/m1/s1. The number of hydrogen-bond donors (Lipinski definition) is 1. The fourth-order valence-corrected chi connectivity index (χ4v) is 5.17. The van der Waals surface area contributed by atoms with Crippen LogP contribution in [0, 0.1) is 0 Å². The molecule has 2 N–H and O–H groups in total. The van der Waals surface area contributed by atoms with Crippen LogP contribution in [-0.4, -0.2) is 45.9 Å². The predicted molar refractivity (Wildman–Crippen MR) is 128 cm³/mol. The molecular formula is C25H26N2O7S. The summed E-state index contributed by atoms with van der Waals surface area (Å²) in [5.41, 5.74) is 6.98. The van der Waals surface area contributed by atoms with Gasteiger partial charge in [-0.2, -0.15) is 4.31 Å². The summed E-state index contributed by atoms with van der Waals surface area (Å²) in [7, 11) is -0.173. The first-order valence-corrected chi connectivity index (χ1v) is 11.9. The van der Waals surface area contributed by atoms with E-state index in [4.69, 9.17) is 19.9 Å². The third kappa shape index (κ3) is 5.61. The fourth-order valence-electron chi connectivity index (χ4n) is 3.58. The van der Waals surface area contributed by atoms with Crippen molar-refractivity contribution in [2.75, 3.05) is 21.3 Å². The molecule has 3 aromatic rings. The van der Waals surface area contributed by atoms with Crippen LogP contribution in [0.1, 0.15) is 27.5 Å². The normalized spacial score (nSPS) is 12.1. The third-order valence-electron chi connectivity index (χ3n) is 5.35. The maximum absolute atomic E-state index is 13.9. The molecule has 0 saturated carbocycles. The van der Waals surface area contributed by atoms with E-state index < -0.39 is 27.9 Å². The number of amides is 1. The highest BCUT2D eigenvalue weighted by atomic mass is 32.2. The van der Waals surface area contributed by atoms with Gasteiger partial charge in [0.25, 0.3) is 0 Å². The van der Waals surface area contributed by atoms with E-state index in [2.05, 4.69) is 0 Å². The highest BCUT2D eigenvalue weighted by Gasteiger charge is 2.36. The first-order valence-electron chi connectivity index (χ1n) is 10.5. The second kappa shape index (κ2) is 11.0. The molecule has 10 heteroatoms. The Bertz CT molecular complexity index is 1290. The molecule has 0 spiro atoms. The van der Waals surface area contributed by atoms with E-state index in [1.54, 1.807) is 42.5 Å². The molecule has 35 heavy (non-hydrogen) atoms. The van der Waals surface area contributed by atoms with Gasteiger partial charge in [-0.05, 0) is 35.4 Å². The molecular weight excluding hydrogens is 472 g/mol. The number of rotatable bonds is 10. The maximum atomic E-state index is 13.9. The van der Waals surface area contributed by atoms with E-state index in [9.17, 15) is 18.0 Å². The zero-order valence-electron chi connectivity index (χ0n) is 19.5. The van der Waals surface area contributed by atoms with Crippen LogP contribution in [0.5, 0.6) is 11.5 Å². The summed E-state index contributed by atoms with van der Waals surface area (Å²) in [6.07, 6.45) is 0. The molecule has 3 rings (SSSR count). The minimum absolute atomic E-state index is 0.108. The van der Waals surface area contributed by atoms with Gasteiger partial charge in [-0.25, -0.2) is 13.2 Å². The van der Waals surface area contributed by atoms with Gasteiger partial charge in [0.2, 0.25) is 15.9 Å². The van der Waals surface area contributed by atoms with E-state index >= 15 is 0 Å². The number of primary amides is 1. The number of carbonyl (C=O) groups excluding carboxylic acids is 2. The van der Waals surface area contributed by atoms with Gasteiger partial charge < -0.3 is 19.9 Å². The Kier molecular flexibility index (Phi) is 8.10. The minimum atomic E-state index is -4.28. The van der Waals surface area contributed by atoms with Crippen LogP contribution in [0.15, 0.2) is 77.7 Å². The molecule has 0 aromatic heterocycles. The van der Waals surface area contributed by atoms with E-state index in [0.717, 1.165) is 4.31 Å². The molecule has 0 fully saturated rings. The van der Waals surface area contributed by atoms with Crippen molar-refractivity contribution >= 4 is 21.9 Å². The van der Waals surface area contributed by atoms with E-state index in [1.165, 1.54) is 51.7 Å². The molecule has 0 bridgehead atoms. The van der Waals surface area contributed by atoms with Crippen LogP contribution in [0.4, 0.5) is 0 Å². The van der Waals surface area contributed by atoms with Gasteiger partial charge in [0.1, 0.15) is 6.04 Å². The highest BCUT2D eigenvalue weighted by molar-refractivity contribution is 7.89. The minimum Gasteiger partial charge on any atom is -0.493 e. The molecule has 0 saturated heterocycles. The van der Waals surface area contributed by atoms with Crippen molar-refractivity contribution < 1.29 is 32.2 Å². The summed E-state index contributed by atoms with van der Waals surface area (Å²) in [6, 6.07) is 17.5. The van der Waals surface area contributed by atoms with Crippen LogP contribution >= 0.6 is 0 Å². The summed E-state index contributed by atoms with van der Waals surface area (Å²) in [5.74, 6) is -0.797. The second-order valence-electron chi connectivity index (χ2n) is 7.47. The summed E-state index contributed by atoms with van der Waals surface area (Å²) < 4.78 is 44.0. The van der Waals surface area contributed by atoms with Crippen LogP contribution in [-0.2, 0) is 26.1 Å². The first kappa shape index (κ1) is 25.7. The zero-order valence-corrected chi connectivity index (χ0v) is 20.3. The van der Waals surface area contributed by atoms with Crippen LogP contribution in [0.25, 0.3) is 0 Å². The Balaban J connectivity index is 2.13. The lowest BCUT2D eigenvalue weighted by molar-refractivity contribution is -0.122. The summed E-state index contributed by atoms with van der Waals surface area (Å²) >= 11 is 0. The number of ether oxygens (including phenoxy) is 3. The molecule has 0 aliphatic carbocycles. The van der Waals surface area contributed by atoms with Crippen LogP contribution < -0.4 is 15.2 Å². The van der Waals surface area contributed by atoms with E-state index in [-0.39, 0.29) is 17.2 Å². The van der Waals surface area contributed by atoms with Gasteiger partial charge in [0.15, 0.2) is 11.5 Å². The van der Waals surface area contributed by atoms with E-state index in [0.29, 0.717) is 22.4 Å². The monoisotopic (exact) mass is 498 g/mol. The van der Waals surface area contributed by atoms with Gasteiger partial charge in [-0.15, -0.1) is 0 Å². The van der Waals surface area contributed by atoms with Crippen molar-refractivity contribution in [1.29, 1.82) is 0 Å². The number of benzene rings is 3. The number of nitrogens with zero attached hydrogens (tertiary/aromatic N) is 1. The molecule has 0 radical (unpaired) electrons. The Morgan fingerprint density at radius 2 is 1.51 bits per heavy atom. The highest BCUT2D eigenvalue weighted by Crippen LogP contribution is 2.34. The average Bonchev–Trinajstić information content (AvgIpc) is 2.88. The summed E-state index contributed by atoms with van der Waals surface area (Å²) in [6.45, 7) is -0.194. The van der Waals surface area contributed by atoms with Gasteiger partial charge in [-0.3, -0.25) is 4.79 Å². The number of esters is 1.